The van der Waals surface area contributed by atoms with E-state index >= 15 is 0 Å². The van der Waals surface area contributed by atoms with Crippen molar-refractivity contribution in [1.82, 2.24) is 10.2 Å². The van der Waals surface area contributed by atoms with Crippen LogP contribution in [0.4, 0.5) is 0 Å². The number of nitrogens with zero attached hydrogens (tertiary/aromatic N) is 1. The second-order valence-electron chi connectivity index (χ2n) is 4.63. The van der Waals surface area contributed by atoms with Crippen molar-refractivity contribution in [3.8, 4) is 0 Å². The predicted octanol–water partition coefficient (Wildman–Crippen LogP) is 1.00. The maximum atomic E-state index is 11.9. The molecule has 0 fully saturated rings. The van der Waals surface area contributed by atoms with Crippen LogP contribution in [0.2, 0.25) is 0 Å². The first-order valence-electron chi connectivity index (χ1n) is 6.66. The lowest BCUT2D eigenvalue weighted by molar-refractivity contribution is -0.139. The van der Waals surface area contributed by atoms with Crippen molar-refractivity contribution in [2.24, 2.45) is 0 Å². The second kappa shape index (κ2) is 9.35. The molecule has 6 nitrogen and oxygen atoms in total. The molecule has 0 spiro atoms. The van der Waals surface area contributed by atoms with Gasteiger partial charge in [0.05, 0.1) is 6.42 Å². The standard InChI is InChI=1S/C13H24N2O4/c1-4-14-11(16)6-5-7-12(17)15(10(2)3)9-8-13(18)19/h10H,4-9H2,1-3H3,(H,14,16)(H,18,19). The van der Waals surface area contributed by atoms with Gasteiger partial charge in [-0.25, -0.2) is 0 Å². The van der Waals surface area contributed by atoms with Gasteiger partial charge < -0.3 is 15.3 Å². The summed E-state index contributed by atoms with van der Waals surface area (Å²) in [7, 11) is 0. The van der Waals surface area contributed by atoms with Crippen LogP contribution in [0.3, 0.4) is 0 Å². The summed E-state index contributed by atoms with van der Waals surface area (Å²) < 4.78 is 0. The molecule has 0 saturated heterocycles. The molecule has 0 atom stereocenters. The van der Waals surface area contributed by atoms with E-state index in [2.05, 4.69) is 5.32 Å². The Balaban J connectivity index is 4.11. The van der Waals surface area contributed by atoms with E-state index < -0.39 is 5.97 Å². The largest absolute Gasteiger partial charge is 0.481 e. The first-order valence-corrected chi connectivity index (χ1v) is 6.66. The Bertz CT molecular complexity index is 316. The van der Waals surface area contributed by atoms with Gasteiger partial charge in [0, 0.05) is 32.0 Å². The number of carboxylic acids is 1. The summed E-state index contributed by atoms with van der Waals surface area (Å²) in [5.74, 6) is -1.07. The Morgan fingerprint density at radius 1 is 1.16 bits per heavy atom. The van der Waals surface area contributed by atoms with Crippen LogP contribution >= 0.6 is 0 Å². The minimum absolute atomic E-state index is 0.0312. The first kappa shape index (κ1) is 17.4. The zero-order chi connectivity index (χ0) is 14.8. The second-order valence-corrected chi connectivity index (χ2v) is 4.63. The number of nitrogens with one attached hydrogen (secondary N) is 1. The van der Waals surface area contributed by atoms with Crippen LogP contribution in [0.5, 0.6) is 0 Å². The van der Waals surface area contributed by atoms with Crippen LogP contribution in [0.15, 0.2) is 0 Å². The summed E-state index contributed by atoms with van der Waals surface area (Å²) >= 11 is 0. The van der Waals surface area contributed by atoms with E-state index in [-0.39, 0.29) is 37.2 Å². The Morgan fingerprint density at radius 3 is 2.26 bits per heavy atom. The van der Waals surface area contributed by atoms with Crippen LogP contribution in [0, 0.1) is 0 Å². The van der Waals surface area contributed by atoms with Gasteiger partial charge in [0.2, 0.25) is 11.8 Å². The first-order chi connectivity index (χ1) is 8.88. The van der Waals surface area contributed by atoms with Crippen LogP contribution in [0.1, 0.15) is 46.5 Å². The molecule has 110 valence electrons. The molecular formula is C13H24N2O4. The number of carbonyl (C=O) groups excluding carboxylic acids is 2. The zero-order valence-electron chi connectivity index (χ0n) is 11.9. The zero-order valence-corrected chi connectivity index (χ0v) is 11.9. The fourth-order valence-electron chi connectivity index (χ4n) is 1.72. The highest BCUT2D eigenvalue weighted by atomic mass is 16.4. The summed E-state index contributed by atoms with van der Waals surface area (Å²) in [6.07, 6.45) is 1.03. The molecule has 0 aliphatic carbocycles. The van der Waals surface area contributed by atoms with Crippen molar-refractivity contribution in [3.05, 3.63) is 0 Å². The summed E-state index contributed by atoms with van der Waals surface area (Å²) in [6, 6.07) is -0.0312. The highest BCUT2D eigenvalue weighted by Gasteiger charge is 2.17. The Kier molecular flexibility index (Phi) is 8.57. The molecule has 2 N–H and O–H groups in total. The average molecular weight is 272 g/mol. The molecule has 0 aliphatic rings. The predicted molar refractivity (Wildman–Crippen MR) is 71.6 cm³/mol. The molecule has 0 aromatic heterocycles. The third-order valence-corrected chi connectivity index (χ3v) is 2.68. The van der Waals surface area contributed by atoms with Crippen molar-refractivity contribution in [2.45, 2.75) is 52.5 Å². The van der Waals surface area contributed by atoms with Crippen molar-refractivity contribution in [2.75, 3.05) is 13.1 Å². The lowest BCUT2D eigenvalue weighted by Crippen LogP contribution is -2.38. The summed E-state index contributed by atoms with van der Waals surface area (Å²) in [5.41, 5.74) is 0. The molecule has 0 heterocycles. The monoisotopic (exact) mass is 272 g/mol. The number of hydrogen-bond donors (Lipinski definition) is 2. The SMILES string of the molecule is CCNC(=O)CCCC(=O)N(CCC(=O)O)C(C)C. The maximum Gasteiger partial charge on any atom is 0.305 e. The number of carboxylic acid groups (broad SMARTS) is 1. The van der Waals surface area contributed by atoms with E-state index in [4.69, 9.17) is 5.11 Å². The maximum absolute atomic E-state index is 11.9. The topological polar surface area (TPSA) is 86.7 Å². The van der Waals surface area contributed by atoms with Crippen molar-refractivity contribution in [3.63, 3.8) is 0 Å². The number of rotatable bonds is 9. The molecule has 0 rings (SSSR count). The minimum atomic E-state index is -0.916. The van der Waals surface area contributed by atoms with Crippen LogP contribution in [-0.4, -0.2) is 46.9 Å². The van der Waals surface area contributed by atoms with E-state index in [0.29, 0.717) is 19.4 Å². The van der Waals surface area contributed by atoms with Gasteiger partial charge in [0.1, 0.15) is 0 Å². The van der Waals surface area contributed by atoms with Gasteiger partial charge >= 0.3 is 5.97 Å². The Morgan fingerprint density at radius 2 is 1.79 bits per heavy atom. The van der Waals surface area contributed by atoms with Gasteiger partial charge in [-0.2, -0.15) is 0 Å². The fraction of sp³-hybridized carbons (Fsp3) is 0.769. The number of hydrogen-bond acceptors (Lipinski definition) is 3. The molecule has 0 aromatic rings. The molecule has 19 heavy (non-hydrogen) atoms. The molecule has 0 radical (unpaired) electrons. The summed E-state index contributed by atoms with van der Waals surface area (Å²) in [5, 5.41) is 11.3. The van der Waals surface area contributed by atoms with Gasteiger partial charge in [0.25, 0.3) is 0 Å². The normalized spacial score (nSPS) is 10.3. The molecule has 6 heteroatoms. The number of carbonyl (C=O) groups is 3. The lowest BCUT2D eigenvalue weighted by atomic mass is 10.2. The van der Waals surface area contributed by atoms with Gasteiger partial charge in [-0.05, 0) is 27.2 Å². The van der Waals surface area contributed by atoms with Gasteiger partial charge in [-0.3, -0.25) is 14.4 Å². The highest BCUT2D eigenvalue weighted by Crippen LogP contribution is 2.06. The average Bonchev–Trinajstić information content (AvgIpc) is 2.28. The highest BCUT2D eigenvalue weighted by molar-refractivity contribution is 5.79. The molecule has 0 saturated carbocycles. The molecule has 0 aromatic carbocycles. The fourth-order valence-corrected chi connectivity index (χ4v) is 1.72. The molecule has 2 amide bonds. The van der Waals surface area contributed by atoms with Gasteiger partial charge in [-0.1, -0.05) is 0 Å². The van der Waals surface area contributed by atoms with Crippen molar-refractivity contribution in [1.29, 1.82) is 0 Å². The van der Waals surface area contributed by atoms with Crippen molar-refractivity contribution < 1.29 is 19.5 Å². The van der Waals surface area contributed by atoms with Gasteiger partial charge in [-0.15, -0.1) is 0 Å². The lowest BCUT2D eigenvalue weighted by Gasteiger charge is -2.26. The molecule has 0 bridgehead atoms. The van der Waals surface area contributed by atoms with Gasteiger partial charge in [0.15, 0.2) is 0 Å². The summed E-state index contributed by atoms with van der Waals surface area (Å²) in [6.45, 7) is 6.35. The quantitative estimate of drug-likeness (QED) is 0.655. The van der Waals surface area contributed by atoms with Crippen LogP contribution in [-0.2, 0) is 14.4 Å². The third-order valence-electron chi connectivity index (χ3n) is 2.68. The number of amides is 2. The van der Waals surface area contributed by atoms with Crippen molar-refractivity contribution >= 4 is 17.8 Å². The molecular weight excluding hydrogens is 248 g/mol. The van der Waals surface area contributed by atoms with Crippen LogP contribution in [0.25, 0.3) is 0 Å². The minimum Gasteiger partial charge on any atom is -0.481 e. The third kappa shape index (κ3) is 8.18. The Labute approximate surface area is 114 Å². The molecule has 0 aliphatic heterocycles. The van der Waals surface area contributed by atoms with E-state index in [0.717, 1.165) is 0 Å². The molecule has 0 unspecified atom stereocenters. The van der Waals surface area contributed by atoms with E-state index in [9.17, 15) is 14.4 Å². The Hall–Kier alpha value is -1.59. The summed E-state index contributed by atoms with van der Waals surface area (Å²) in [4.78, 5) is 35.2. The van der Waals surface area contributed by atoms with Crippen LogP contribution < -0.4 is 5.32 Å². The van der Waals surface area contributed by atoms with E-state index in [1.165, 1.54) is 0 Å². The number of aliphatic carboxylic acids is 1. The van der Waals surface area contributed by atoms with E-state index in [1.54, 1.807) is 4.90 Å². The van der Waals surface area contributed by atoms with E-state index in [1.807, 2.05) is 20.8 Å². The smallest absolute Gasteiger partial charge is 0.305 e.